The van der Waals surface area contributed by atoms with Gasteiger partial charge in [-0.3, -0.25) is 14.5 Å². The molecule has 2 amide bonds. The zero-order chi connectivity index (χ0) is 24.1. The Bertz CT molecular complexity index is 1030. The summed E-state index contributed by atoms with van der Waals surface area (Å²) in [6.45, 7) is 8.24. The van der Waals surface area contributed by atoms with Crippen molar-refractivity contribution in [1.29, 1.82) is 0 Å². The molecule has 1 atom stereocenters. The van der Waals surface area contributed by atoms with E-state index in [1.165, 1.54) is 6.08 Å². The molecule has 0 spiro atoms. The van der Waals surface area contributed by atoms with Crippen molar-refractivity contribution in [3.05, 3.63) is 65.7 Å². The predicted octanol–water partition coefficient (Wildman–Crippen LogP) is 3.88. The molecule has 180 valence electrons. The summed E-state index contributed by atoms with van der Waals surface area (Å²) < 4.78 is 5.55. The monoisotopic (exact) mass is 481 g/mol. The summed E-state index contributed by atoms with van der Waals surface area (Å²) in [5, 5.41) is 0.634. The van der Waals surface area contributed by atoms with Gasteiger partial charge in [0.25, 0.3) is 0 Å². The molecule has 0 N–H and O–H groups in total. The van der Waals surface area contributed by atoms with Gasteiger partial charge in [0.05, 0.1) is 12.1 Å². The number of rotatable bonds is 7. The lowest BCUT2D eigenvalue weighted by Crippen LogP contribution is -2.52. The third-order valence-corrected chi connectivity index (χ3v) is 7.21. The van der Waals surface area contributed by atoms with E-state index in [4.69, 9.17) is 16.3 Å². The number of benzene rings is 2. The Morgan fingerprint density at radius 2 is 1.82 bits per heavy atom. The summed E-state index contributed by atoms with van der Waals surface area (Å²) in [5.74, 6) is 0.874. The molecule has 2 aliphatic rings. The predicted molar refractivity (Wildman–Crippen MR) is 135 cm³/mol. The summed E-state index contributed by atoms with van der Waals surface area (Å²) in [5.41, 5.74) is 2.97. The van der Waals surface area contributed by atoms with Crippen LogP contribution in [0.25, 0.3) is 11.1 Å². The van der Waals surface area contributed by atoms with Crippen LogP contribution in [0.2, 0.25) is 5.02 Å². The molecule has 0 radical (unpaired) electrons. The number of hydrogen-bond donors (Lipinski definition) is 0. The Hall–Kier alpha value is -2.83. The van der Waals surface area contributed by atoms with Crippen molar-refractivity contribution in [1.82, 2.24) is 14.7 Å². The number of ether oxygens (including phenoxy) is 1. The highest BCUT2D eigenvalue weighted by atomic mass is 35.5. The van der Waals surface area contributed by atoms with Gasteiger partial charge in [-0.15, -0.1) is 0 Å². The first-order chi connectivity index (χ1) is 16.5. The molecular weight excluding hydrogens is 450 g/mol. The zero-order valence-electron chi connectivity index (χ0n) is 19.7. The SMILES string of the molecule is C=CC(=O)N1CCC(N2CCN(C(=O)CCc3cc(-c4ccccc4)c(Cl)cc3OC)CC2)C1. The molecule has 2 aromatic carbocycles. The Morgan fingerprint density at radius 1 is 1.09 bits per heavy atom. The highest BCUT2D eigenvalue weighted by molar-refractivity contribution is 6.33. The van der Waals surface area contributed by atoms with Gasteiger partial charge in [0.1, 0.15) is 5.75 Å². The second-order valence-electron chi connectivity index (χ2n) is 8.86. The van der Waals surface area contributed by atoms with Crippen molar-refractivity contribution >= 4 is 23.4 Å². The van der Waals surface area contributed by atoms with E-state index in [9.17, 15) is 9.59 Å². The molecule has 1 unspecified atom stereocenters. The summed E-state index contributed by atoms with van der Waals surface area (Å²) in [6.07, 6.45) is 3.39. The Balaban J connectivity index is 1.33. The molecule has 2 heterocycles. The Morgan fingerprint density at radius 3 is 2.50 bits per heavy atom. The second-order valence-corrected chi connectivity index (χ2v) is 9.26. The number of piperazine rings is 1. The number of nitrogens with zero attached hydrogens (tertiary/aromatic N) is 3. The average Bonchev–Trinajstić information content (AvgIpc) is 3.38. The van der Waals surface area contributed by atoms with E-state index in [2.05, 4.69) is 11.5 Å². The number of amides is 2. The first-order valence-corrected chi connectivity index (χ1v) is 12.2. The molecule has 4 rings (SSSR count). The van der Waals surface area contributed by atoms with Crippen LogP contribution in [0.15, 0.2) is 55.1 Å². The van der Waals surface area contributed by atoms with E-state index in [-0.39, 0.29) is 11.8 Å². The van der Waals surface area contributed by atoms with E-state index >= 15 is 0 Å². The quantitative estimate of drug-likeness (QED) is 0.563. The number of halogens is 1. The van der Waals surface area contributed by atoms with Gasteiger partial charge in [0.15, 0.2) is 0 Å². The lowest BCUT2D eigenvalue weighted by atomic mass is 9.99. The number of likely N-dealkylation sites (tertiary alicyclic amines) is 1. The fourth-order valence-electron chi connectivity index (χ4n) is 4.93. The van der Waals surface area contributed by atoms with Crippen LogP contribution in [0.3, 0.4) is 0 Å². The summed E-state index contributed by atoms with van der Waals surface area (Å²) >= 11 is 6.51. The lowest BCUT2D eigenvalue weighted by molar-refractivity contribution is -0.133. The third-order valence-electron chi connectivity index (χ3n) is 6.90. The fraction of sp³-hybridized carbons (Fsp3) is 0.407. The summed E-state index contributed by atoms with van der Waals surface area (Å²) in [7, 11) is 1.63. The molecule has 34 heavy (non-hydrogen) atoms. The van der Waals surface area contributed by atoms with Crippen molar-refractivity contribution < 1.29 is 14.3 Å². The van der Waals surface area contributed by atoms with Gasteiger partial charge in [-0.25, -0.2) is 0 Å². The van der Waals surface area contributed by atoms with Gasteiger partial charge in [-0.1, -0.05) is 48.5 Å². The standard InChI is InChI=1S/C27H32ClN3O3/c1-3-26(32)31-12-11-22(19-31)29-13-15-30(16-14-29)27(33)10-9-21-17-23(20-7-5-4-6-8-20)24(28)18-25(21)34-2/h3-8,17-18,22H,1,9-16,19H2,2H3. The molecule has 2 aliphatic heterocycles. The summed E-state index contributed by atoms with van der Waals surface area (Å²) in [6, 6.07) is 14.2. The molecule has 0 aliphatic carbocycles. The molecule has 0 saturated carbocycles. The second kappa shape index (κ2) is 11.1. The molecule has 2 fully saturated rings. The van der Waals surface area contributed by atoms with Crippen molar-refractivity contribution in [3.8, 4) is 16.9 Å². The molecule has 0 aromatic heterocycles. The maximum absolute atomic E-state index is 13.0. The number of hydrogen-bond acceptors (Lipinski definition) is 4. The van der Waals surface area contributed by atoms with Crippen LogP contribution in [0.5, 0.6) is 5.75 Å². The van der Waals surface area contributed by atoms with E-state index in [0.717, 1.165) is 62.4 Å². The molecule has 2 saturated heterocycles. The maximum atomic E-state index is 13.0. The number of aryl methyl sites for hydroxylation is 1. The topological polar surface area (TPSA) is 53.1 Å². The average molecular weight is 482 g/mol. The number of carbonyl (C=O) groups is 2. The largest absolute Gasteiger partial charge is 0.496 e. The van der Waals surface area contributed by atoms with Gasteiger partial charge in [0.2, 0.25) is 11.8 Å². The normalized spacial score (nSPS) is 18.7. The van der Waals surface area contributed by atoms with E-state index < -0.39 is 0 Å². The number of carbonyl (C=O) groups excluding carboxylic acids is 2. The smallest absolute Gasteiger partial charge is 0.246 e. The van der Waals surface area contributed by atoms with Crippen LogP contribution in [0.4, 0.5) is 0 Å². The fourth-order valence-corrected chi connectivity index (χ4v) is 5.19. The third kappa shape index (κ3) is 5.45. The minimum Gasteiger partial charge on any atom is -0.496 e. The van der Waals surface area contributed by atoms with Crippen LogP contribution in [-0.4, -0.2) is 78.9 Å². The van der Waals surface area contributed by atoms with Crippen molar-refractivity contribution in [2.75, 3.05) is 46.4 Å². The molecule has 2 aromatic rings. The van der Waals surface area contributed by atoms with Crippen LogP contribution in [0, 0.1) is 0 Å². The van der Waals surface area contributed by atoms with Crippen LogP contribution >= 0.6 is 11.6 Å². The van der Waals surface area contributed by atoms with Gasteiger partial charge in [-0.2, -0.15) is 0 Å². The maximum Gasteiger partial charge on any atom is 0.246 e. The van der Waals surface area contributed by atoms with Gasteiger partial charge < -0.3 is 14.5 Å². The van der Waals surface area contributed by atoms with Gasteiger partial charge >= 0.3 is 0 Å². The Labute approximate surface area is 206 Å². The van der Waals surface area contributed by atoms with Crippen LogP contribution in [0.1, 0.15) is 18.4 Å². The van der Waals surface area contributed by atoms with E-state index in [0.29, 0.717) is 29.7 Å². The molecular formula is C27H32ClN3O3. The van der Waals surface area contributed by atoms with Crippen LogP contribution in [-0.2, 0) is 16.0 Å². The number of methoxy groups -OCH3 is 1. The molecule has 0 bridgehead atoms. The van der Waals surface area contributed by atoms with E-state index in [1.54, 1.807) is 7.11 Å². The van der Waals surface area contributed by atoms with Crippen LogP contribution < -0.4 is 4.74 Å². The zero-order valence-corrected chi connectivity index (χ0v) is 20.5. The highest BCUT2D eigenvalue weighted by Crippen LogP contribution is 2.34. The van der Waals surface area contributed by atoms with Crippen molar-refractivity contribution in [3.63, 3.8) is 0 Å². The van der Waals surface area contributed by atoms with Gasteiger partial charge in [-0.05, 0) is 42.2 Å². The Kier molecular flexibility index (Phi) is 7.91. The van der Waals surface area contributed by atoms with Crippen molar-refractivity contribution in [2.24, 2.45) is 0 Å². The van der Waals surface area contributed by atoms with Gasteiger partial charge in [0, 0.05) is 57.3 Å². The van der Waals surface area contributed by atoms with Crippen molar-refractivity contribution in [2.45, 2.75) is 25.3 Å². The highest BCUT2D eigenvalue weighted by Gasteiger charge is 2.32. The minimum absolute atomic E-state index is 0.00404. The first kappa shape index (κ1) is 24.3. The minimum atomic E-state index is 0.00404. The lowest BCUT2D eigenvalue weighted by Gasteiger charge is -2.38. The first-order valence-electron chi connectivity index (χ1n) is 11.8. The summed E-state index contributed by atoms with van der Waals surface area (Å²) in [4.78, 5) is 31.1. The molecule has 7 heteroatoms. The molecule has 6 nitrogen and oxygen atoms in total. The van der Waals surface area contributed by atoms with E-state index in [1.807, 2.05) is 52.3 Å².